The fourth-order valence-corrected chi connectivity index (χ4v) is 1.71. The van der Waals surface area contributed by atoms with Gasteiger partial charge in [-0.2, -0.15) is 9.97 Å². The van der Waals surface area contributed by atoms with Gasteiger partial charge in [0.15, 0.2) is 0 Å². The fraction of sp³-hybridized carbons (Fsp3) is 0.308. The minimum absolute atomic E-state index is 0.00494. The maximum absolute atomic E-state index is 5.93. The van der Waals surface area contributed by atoms with Crippen LogP contribution in [0.4, 0.5) is 0 Å². The molecular formula is C13H13Cl2N3O2. The summed E-state index contributed by atoms with van der Waals surface area (Å²) >= 11 is 11.8. The summed E-state index contributed by atoms with van der Waals surface area (Å²) in [6, 6.07) is 5.47. The Morgan fingerprint density at radius 1 is 1.05 bits per heavy atom. The maximum Gasteiger partial charge on any atom is 0.329 e. The third-order valence-corrected chi connectivity index (χ3v) is 2.66. The molecule has 0 spiro atoms. The van der Waals surface area contributed by atoms with Gasteiger partial charge >= 0.3 is 12.0 Å². The number of halogens is 2. The standard InChI is InChI=1S/C13H13Cl2N3O2/c1-7(2)19-12-16-11(15)17-13(18-12)20-10-6-9(14)5-4-8(10)3/h4-7H,1-3H3. The van der Waals surface area contributed by atoms with Gasteiger partial charge in [0.25, 0.3) is 0 Å². The van der Waals surface area contributed by atoms with Gasteiger partial charge in [-0.05, 0) is 50.1 Å². The molecular weight excluding hydrogens is 301 g/mol. The first-order chi connectivity index (χ1) is 9.44. The number of nitrogens with zero attached hydrogens (tertiary/aromatic N) is 3. The molecule has 0 amide bonds. The molecule has 5 nitrogen and oxygen atoms in total. The normalized spacial score (nSPS) is 10.7. The molecule has 0 saturated heterocycles. The van der Waals surface area contributed by atoms with Crippen LogP contribution in [0, 0.1) is 6.92 Å². The maximum atomic E-state index is 5.93. The number of aromatic nitrogens is 3. The van der Waals surface area contributed by atoms with Crippen molar-refractivity contribution in [3.05, 3.63) is 34.1 Å². The number of benzene rings is 1. The quantitative estimate of drug-likeness (QED) is 0.851. The van der Waals surface area contributed by atoms with Gasteiger partial charge in [0, 0.05) is 5.02 Å². The van der Waals surface area contributed by atoms with E-state index in [2.05, 4.69) is 15.0 Å². The first-order valence-corrected chi connectivity index (χ1v) is 6.72. The summed E-state index contributed by atoms with van der Waals surface area (Å²) in [6.07, 6.45) is -0.0748. The van der Waals surface area contributed by atoms with Crippen molar-refractivity contribution < 1.29 is 9.47 Å². The Morgan fingerprint density at radius 3 is 2.45 bits per heavy atom. The summed E-state index contributed by atoms with van der Waals surface area (Å²) in [4.78, 5) is 11.8. The number of aryl methyl sites for hydroxylation is 1. The van der Waals surface area contributed by atoms with Crippen molar-refractivity contribution in [1.29, 1.82) is 0 Å². The molecule has 1 aromatic heterocycles. The van der Waals surface area contributed by atoms with Crippen LogP contribution in [-0.2, 0) is 0 Å². The molecule has 0 saturated carbocycles. The lowest BCUT2D eigenvalue weighted by atomic mass is 10.2. The van der Waals surface area contributed by atoms with Gasteiger partial charge in [0.05, 0.1) is 6.10 Å². The highest BCUT2D eigenvalue weighted by molar-refractivity contribution is 6.30. The lowest BCUT2D eigenvalue weighted by Crippen LogP contribution is -2.09. The summed E-state index contributed by atoms with van der Waals surface area (Å²) in [5.41, 5.74) is 0.900. The molecule has 2 rings (SSSR count). The van der Waals surface area contributed by atoms with Crippen LogP contribution in [0.3, 0.4) is 0 Å². The predicted molar refractivity (Wildman–Crippen MR) is 76.9 cm³/mol. The van der Waals surface area contributed by atoms with Crippen LogP contribution >= 0.6 is 23.2 Å². The van der Waals surface area contributed by atoms with E-state index in [-0.39, 0.29) is 23.4 Å². The zero-order valence-corrected chi connectivity index (χ0v) is 12.7. The average molecular weight is 314 g/mol. The molecule has 0 aliphatic heterocycles. The molecule has 0 radical (unpaired) electrons. The molecule has 0 aliphatic carbocycles. The molecule has 106 valence electrons. The van der Waals surface area contributed by atoms with Gasteiger partial charge in [0.1, 0.15) is 5.75 Å². The molecule has 1 aromatic carbocycles. The van der Waals surface area contributed by atoms with Crippen LogP contribution in [0.2, 0.25) is 10.3 Å². The van der Waals surface area contributed by atoms with Crippen molar-refractivity contribution in [1.82, 2.24) is 15.0 Å². The van der Waals surface area contributed by atoms with E-state index in [0.717, 1.165) is 5.56 Å². The van der Waals surface area contributed by atoms with Crippen molar-refractivity contribution in [2.24, 2.45) is 0 Å². The van der Waals surface area contributed by atoms with Crippen LogP contribution in [-0.4, -0.2) is 21.1 Å². The Kier molecular flexibility index (Phi) is 4.62. The highest BCUT2D eigenvalue weighted by Gasteiger charge is 2.11. The van der Waals surface area contributed by atoms with E-state index in [1.807, 2.05) is 26.8 Å². The van der Waals surface area contributed by atoms with Gasteiger partial charge in [-0.1, -0.05) is 17.7 Å². The zero-order chi connectivity index (χ0) is 14.7. The molecule has 0 bridgehead atoms. The molecule has 7 heteroatoms. The van der Waals surface area contributed by atoms with Crippen molar-refractivity contribution in [2.45, 2.75) is 26.9 Å². The van der Waals surface area contributed by atoms with Crippen LogP contribution in [0.1, 0.15) is 19.4 Å². The predicted octanol–water partition coefficient (Wildman–Crippen LogP) is 4.07. The van der Waals surface area contributed by atoms with E-state index >= 15 is 0 Å². The Morgan fingerprint density at radius 2 is 1.75 bits per heavy atom. The summed E-state index contributed by atoms with van der Waals surface area (Å²) in [7, 11) is 0. The van der Waals surface area contributed by atoms with Gasteiger partial charge in [-0.3, -0.25) is 0 Å². The summed E-state index contributed by atoms with van der Waals surface area (Å²) in [5, 5.41) is 0.565. The van der Waals surface area contributed by atoms with Crippen molar-refractivity contribution in [2.75, 3.05) is 0 Å². The number of hydrogen-bond donors (Lipinski definition) is 0. The topological polar surface area (TPSA) is 57.1 Å². The lowest BCUT2D eigenvalue weighted by molar-refractivity contribution is 0.218. The van der Waals surface area contributed by atoms with Gasteiger partial charge in [-0.25, -0.2) is 0 Å². The van der Waals surface area contributed by atoms with Gasteiger partial charge < -0.3 is 9.47 Å². The Balaban J connectivity index is 2.28. The average Bonchev–Trinajstić information content (AvgIpc) is 2.32. The van der Waals surface area contributed by atoms with E-state index in [9.17, 15) is 0 Å². The van der Waals surface area contributed by atoms with Crippen LogP contribution in [0.15, 0.2) is 18.2 Å². The van der Waals surface area contributed by atoms with E-state index in [1.54, 1.807) is 12.1 Å². The molecule has 0 fully saturated rings. The van der Waals surface area contributed by atoms with E-state index < -0.39 is 0 Å². The molecule has 20 heavy (non-hydrogen) atoms. The molecule has 0 aliphatic rings. The third kappa shape index (κ3) is 3.95. The second-order valence-electron chi connectivity index (χ2n) is 4.35. The number of rotatable bonds is 4. The molecule has 0 N–H and O–H groups in total. The van der Waals surface area contributed by atoms with Crippen LogP contribution in [0.5, 0.6) is 17.8 Å². The highest BCUT2D eigenvalue weighted by Crippen LogP contribution is 2.27. The first kappa shape index (κ1) is 14.8. The van der Waals surface area contributed by atoms with Crippen molar-refractivity contribution in [3.8, 4) is 17.8 Å². The molecule has 2 aromatic rings. The Hall–Kier alpha value is -1.59. The van der Waals surface area contributed by atoms with E-state index in [0.29, 0.717) is 10.8 Å². The minimum Gasteiger partial charge on any atom is -0.461 e. The number of hydrogen-bond acceptors (Lipinski definition) is 5. The van der Waals surface area contributed by atoms with Crippen molar-refractivity contribution in [3.63, 3.8) is 0 Å². The monoisotopic (exact) mass is 313 g/mol. The molecule has 0 atom stereocenters. The van der Waals surface area contributed by atoms with Crippen LogP contribution in [0.25, 0.3) is 0 Å². The summed E-state index contributed by atoms with van der Waals surface area (Å²) in [6.45, 7) is 5.61. The summed E-state index contributed by atoms with van der Waals surface area (Å²) in [5.74, 6) is 0.551. The molecule has 0 unspecified atom stereocenters. The minimum atomic E-state index is -0.0748. The van der Waals surface area contributed by atoms with Crippen LogP contribution < -0.4 is 9.47 Å². The Labute approximate surface area is 126 Å². The van der Waals surface area contributed by atoms with Crippen molar-refractivity contribution >= 4 is 23.2 Å². The first-order valence-electron chi connectivity index (χ1n) is 5.96. The Bertz CT molecular complexity index is 621. The highest BCUT2D eigenvalue weighted by atomic mass is 35.5. The molecule has 1 heterocycles. The smallest absolute Gasteiger partial charge is 0.329 e. The fourth-order valence-electron chi connectivity index (χ4n) is 1.41. The van der Waals surface area contributed by atoms with Gasteiger partial charge in [0.2, 0.25) is 5.28 Å². The third-order valence-electron chi connectivity index (χ3n) is 2.26. The second kappa shape index (κ2) is 6.24. The van der Waals surface area contributed by atoms with E-state index in [1.165, 1.54) is 0 Å². The number of ether oxygens (including phenoxy) is 2. The summed E-state index contributed by atoms with van der Waals surface area (Å²) < 4.78 is 11.0. The van der Waals surface area contributed by atoms with Gasteiger partial charge in [-0.15, -0.1) is 4.98 Å². The second-order valence-corrected chi connectivity index (χ2v) is 5.12. The van der Waals surface area contributed by atoms with E-state index in [4.69, 9.17) is 32.7 Å². The largest absolute Gasteiger partial charge is 0.461 e. The lowest BCUT2D eigenvalue weighted by Gasteiger charge is -2.10. The zero-order valence-electron chi connectivity index (χ0n) is 11.2. The SMILES string of the molecule is Cc1ccc(Cl)cc1Oc1nc(Cl)nc(OC(C)C)n1.